The summed E-state index contributed by atoms with van der Waals surface area (Å²) >= 11 is 0. The van der Waals surface area contributed by atoms with Crippen LogP contribution in [0.2, 0.25) is 0 Å². The third-order valence-electron chi connectivity index (χ3n) is 3.95. The Morgan fingerprint density at radius 3 is 2.59 bits per heavy atom. The molecule has 0 bridgehead atoms. The number of rotatable bonds is 6. The Balaban J connectivity index is 1.49. The Kier molecular flexibility index (Phi) is 5.79. The zero-order valence-corrected chi connectivity index (χ0v) is 14.6. The lowest BCUT2D eigenvalue weighted by atomic mass is 10.0. The van der Waals surface area contributed by atoms with Gasteiger partial charge >= 0.3 is 0 Å². The Hall–Kier alpha value is -3.67. The number of hydrogen-bond donors (Lipinski definition) is 3. The van der Waals surface area contributed by atoms with Crippen molar-refractivity contribution >= 4 is 28.7 Å². The zero-order chi connectivity index (χ0) is 19.1. The Morgan fingerprint density at radius 2 is 1.74 bits per heavy atom. The third-order valence-corrected chi connectivity index (χ3v) is 3.95. The molecule has 0 atom stereocenters. The second kappa shape index (κ2) is 8.62. The van der Waals surface area contributed by atoms with Gasteiger partial charge in [0.2, 0.25) is 5.91 Å². The fourth-order valence-corrected chi connectivity index (χ4v) is 2.64. The first-order valence-electron chi connectivity index (χ1n) is 8.51. The van der Waals surface area contributed by atoms with Gasteiger partial charge < -0.3 is 15.7 Å². The highest BCUT2D eigenvalue weighted by molar-refractivity contribution is 5.97. The molecule has 2 aromatic carbocycles. The number of aromatic hydroxyl groups is 1. The van der Waals surface area contributed by atoms with E-state index in [-0.39, 0.29) is 30.4 Å². The topological polar surface area (TPSA) is 91.3 Å². The predicted molar refractivity (Wildman–Crippen MR) is 104 cm³/mol. The molecule has 0 radical (unpaired) electrons. The Labute approximate surface area is 156 Å². The van der Waals surface area contributed by atoms with E-state index in [1.165, 1.54) is 24.4 Å². The number of carbonyl (C=O) groups excluding carboxylic acids is 2. The maximum Gasteiger partial charge on any atom is 0.273 e. The molecule has 3 rings (SSSR count). The van der Waals surface area contributed by atoms with Crippen LogP contribution in [-0.4, -0.2) is 35.0 Å². The summed E-state index contributed by atoms with van der Waals surface area (Å²) in [6.45, 7) is 0.487. The van der Waals surface area contributed by atoms with Crippen molar-refractivity contribution in [1.82, 2.24) is 15.6 Å². The molecule has 6 nitrogen and oxygen atoms in total. The first-order valence-corrected chi connectivity index (χ1v) is 8.51. The minimum atomic E-state index is -0.492. The van der Waals surface area contributed by atoms with Crippen molar-refractivity contribution in [3.05, 3.63) is 78.1 Å². The number of amides is 2. The van der Waals surface area contributed by atoms with Gasteiger partial charge in [-0.25, -0.2) is 4.98 Å². The van der Waals surface area contributed by atoms with E-state index in [1.54, 1.807) is 6.08 Å². The number of nitrogens with zero attached hydrogens (tertiary/aromatic N) is 1. The lowest BCUT2D eigenvalue weighted by Gasteiger charge is -2.06. The van der Waals surface area contributed by atoms with E-state index in [0.29, 0.717) is 0 Å². The molecule has 27 heavy (non-hydrogen) atoms. The van der Waals surface area contributed by atoms with Gasteiger partial charge in [-0.05, 0) is 34.5 Å². The summed E-state index contributed by atoms with van der Waals surface area (Å²) in [4.78, 5) is 27.7. The van der Waals surface area contributed by atoms with Crippen LogP contribution in [0.1, 0.15) is 16.1 Å². The van der Waals surface area contributed by atoms with Gasteiger partial charge in [-0.3, -0.25) is 9.59 Å². The van der Waals surface area contributed by atoms with E-state index in [0.717, 1.165) is 16.3 Å². The molecular weight excluding hydrogens is 342 g/mol. The molecule has 0 unspecified atom stereocenters. The molecule has 0 aliphatic carbocycles. The molecule has 0 aliphatic rings. The van der Waals surface area contributed by atoms with Gasteiger partial charge in [-0.1, -0.05) is 42.5 Å². The van der Waals surface area contributed by atoms with Crippen molar-refractivity contribution in [3.63, 3.8) is 0 Å². The lowest BCUT2D eigenvalue weighted by Crippen LogP contribution is -2.34. The average molecular weight is 361 g/mol. The number of hydrogen-bond acceptors (Lipinski definition) is 4. The molecule has 0 saturated heterocycles. The molecule has 3 N–H and O–H groups in total. The van der Waals surface area contributed by atoms with Crippen LogP contribution in [0.4, 0.5) is 0 Å². The van der Waals surface area contributed by atoms with Crippen molar-refractivity contribution in [2.24, 2.45) is 0 Å². The molecular formula is C21H19N3O3. The molecule has 0 aliphatic heterocycles. The Bertz CT molecular complexity index is 993. The van der Waals surface area contributed by atoms with Crippen LogP contribution < -0.4 is 10.6 Å². The van der Waals surface area contributed by atoms with Crippen molar-refractivity contribution in [2.45, 2.75) is 0 Å². The first kappa shape index (κ1) is 18.1. The monoisotopic (exact) mass is 361 g/mol. The van der Waals surface area contributed by atoms with Crippen LogP contribution in [-0.2, 0) is 4.79 Å². The van der Waals surface area contributed by atoms with Gasteiger partial charge in [0.05, 0.1) is 0 Å². The van der Waals surface area contributed by atoms with Gasteiger partial charge in [0.15, 0.2) is 5.69 Å². The van der Waals surface area contributed by atoms with E-state index in [9.17, 15) is 14.7 Å². The van der Waals surface area contributed by atoms with E-state index in [4.69, 9.17) is 0 Å². The van der Waals surface area contributed by atoms with Crippen molar-refractivity contribution in [1.29, 1.82) is 0 Å². The number of fused-ring (bicyclic) bond motifs is 1. The number of nitrogens with one attached hydrogen (secondary N) is 2. The Morgan fingerprint density at radius 1 is 0.963 bits per heavy atom. The molecule has 0 spiro atoms. The number of aromatic nitrogens is 1. The van der Waals surface area contributed by atoms with Crippen LogP contribution in [0.5, 0.6) is 5.75 Å². The highest BCUT2D eigenvalue weighted by Gasteiger charge is 2.11. The van der Waals surface area contributed by atoms with Crippen LogP contribution in [0.3, 0.4) is 0 Å². The van der Waals surface area contributed by atoms with Gasteiger partial charge in [-0.15, -0.1) is 0 Å². The van der Waals surface area contributed by atoms with Gasteiger partial charge in [0.25, 0.3) is 5.91 Å². The summed E-state index contributed by atoms with van der Waals surface area (Å²) in [5.74, 6) is -0.927. The third kappa shape index (κ3) is 4.70. The van der Waals surface area contributed by atoms with E-state index in [1.807, 2.05) is 42.5 Å². The fraction of sp³-hybridized carbons (Fsp3) is 0.0952. The quantitative estimate of drug-likeness (QED) is 0.465. The molecule has 6 heteroatoms. The number of carbonyl (C=O) groups is 2. The fourth-order valence-electron chi connectivity index (χ4n) is 2.64. The van der Waals surface area contributed by atoms with E-state index >= 15 is 0 Å². The average Bonchev–Trinajstić information content (AvgIpc) is 2.69. The predicted octanol–water partition coefficient (Wildman–Crippen LogP) is 2.50. The van der Waals surface area contributed by atoms with Gasteiger partial charge in [-0.2, -0.15) is 0 Å². The summed E-state index contributed by atoms with van der Waals surface area (Å²) in [6.07, 6.45) is 4.66. The summed E-state index contributed by atoms with van der Waals surface area (Å²) in [5, 5.41) is 17.1. The van der Waals surface area contributed by atoms with Crippen LogP contribution in [0.15, 0.2) is 66.9 Å². The smallest absolute Gasteiger partial charge is 0.273 e. The van der Waals surface area contributed by atoms with Crippen LogP contribution in [0.25, 0.3) is 16.8 Å². The van der Waals surface area contributed by atoms with E-state index < -0.39 is 5.91 Å². The van der Waals surface area contributed by atoms with Crippen molar-refractivity contribution < 1.29 is 14.7 Å². The molecule has 2 amide bonds. The summed E-state index contributed by atoms with van der Waals surface area (Å²) in [6, 6.07) is 16.8. The summed E-state index contributed by atoms with van der Waals surface area (Å²) in [5.41, 5.74) is 0.918. The highest BCUT2D eigenvalue weighted by atomic mass is 16.3. The molecule has 0 fully saturated rings. The zero-order valence-electron chi connectivity index (χ0n) is 14.6. The van der Waals surface area contributed by atoms with Crippen LogP contribution in [0, 0.1) is 0 Å². The number of pyridine rings is 1. The van der Waals surface area contributed by atoms with Gasteiger partial charge in [0, 0.05) is 25.4 Å². The van der Waals surface area contributed by atoms with Crippen LogP contribution >= 0.6 is 0 Å². The van der Waals surface area contributed by atoms with Crippen molar-refractivity contribution in [2.75, 3.05) is 13.1 Å². The standard InChI is InChI=1S/C21H19N3O3/c25-18-9-4-12-23-20(18)21(27)24-14-13-22-19(26)11-10-16-7-3-6-15-5-1-2-8-17(15)16/h1-12,25H,13-14H2,(H,22,26)(H,24,27). The summed E-state index contributed by atoms with van der Waals surface area (Å²) < 4.78 is 0. The van der Waals surface area contributed by atoms with E-state index in [2.05, 4.69) is 15.6 Å². The molecule has 1 heterocycles. The maximum atomic E-state index is 12.0. The largest absolute Gasteiger partial charge is 0.505 e. The normalized spacial score (nSPS) is 10.8. The number of benzene rings is 2. The second-order valence-corrected chi connectivity index (χ2v) is 5.82. The minimum Gasteiger partial charge on any atom is -0.505 e. The SMILES string of the molecule is O=C(C=Cc1cccc2ccccc12)NCCNC(=O)c1ncccc1O. The molecule has 3 aromatic rings. The maximum absolute atomic E-state index is 12.0. The summed E-state index contributed by atoms with van der Waals surface area (Å²) in [7, 11) is 0. The van der Waals surface area contributed by atoms with Crippen molar-refractivity contribution in [3.8, 4) is 5.75 Å². The lowest BCUT2D eigenvalue weighted by molar-refractivity contribution is -0.116. The second-order valence-electron chi connectivity index (χ2n) is 5.82. The highest BCUT2D eigenvalue weighted by Crippen LogP contribution is 2.19. The molecule has 1 aromatic heterocycles. The minimum absolute atomic E-state index is 0.0420. The molecule has 136 valence electrons. The molecule has 0 saturated carbocycles. The first-order chi connectivity index (χ1) is 13.1. The van der Waals surface area contributed by atoms with Gasteiger partial charge in [0.1, 0.15) is 5.75 Å².